The molecule has 5 rings (SSSR count). The fourth-order valence-corrected chi connectivity index (χ4v) is 4.80. The molecule has 0 saturated carbocycles. The van der Waals surface area contributed by atoms with Crippen LogP contribution < -0.4 is 20.8 Å². The molecule has 0 amide bonds. The van der Waals surface area contributed by atoms with Gasteiger partial charge in [-0.15, -0.1) is 0 Å². The van der Waals surface area contributed by atoms with E-state index in [2.05, 4.69) is 5.10 Å². The van der Waals surface area contributed by atoms with Gasteiger partial charge in [0.1, 0.15) is 0 Å². The summed E-state index contributed by atoms with van der Waals surface area (Å²) in [6, 6.07) is 16.1. The lowest BCUT2D eigenvalue weighted by Crippen LogP contribution is -2.23. The highest BCUT2D eigenvalue weighted by molar-refractivity contribution is 7.91. The second-order valence-corrected chi connectivity index (χ2v) is 9.07. The molecule has 1 aliphatic rings. The molecule has 8 nitrogen and oxygen atoms in total. The average Bonchev–Trinajstić information content (AvgIpc) is 3.23. The lowest BCUT2D eigenvalue weighted by molar-refractivity contribution is 0.174. The van der Waals surface area contributed by atoms with Crippen molar-refractivity contribution in [2.24, 2.45) is 0 Å². The van der Waals surface area contributed by atoms with Crippen molar-refractivity contribution in [3.05, 3.63) is 82.8 Å². The van der Waals surface area contributed by atoms with Crippen molar-refractivity contribution in [1.82, 2.24) is 9.78 Å². The van der Waals surface area contributed by atoms with E-state index in [-0.39, 0.29) is 28.7 Å². The van der Waals surface area contributed by atoms with Gasteiger partial charge in [0.2, 0.25) is 16.6 Å². The summed E-state index contributed by atoms with van der Waals surface area (Å²) in [5.74, 6) is 0.885. The maximum absolute atomic E-state index is 13.1. The summed E-state index contributed by atoms with van der Waals surface area (Å²) in [5, 5.41) is 5.03. The Morgan fingerprint density at radius 1 is 0.968 bits per heavy atom. The number of hydrogen-bond donors (Lipinski definition) is 1. The number of aromatic nitrogens is 2. The quantitative estimate of drug-likeness (QED) is 0.490. The van der Waals surface area contributed by atoms with Gasteiger partial charge in [0, 0.05) is 17.1 Å². The highest BCUT2D eigenvalue weighted by Gasteiger charge is 2.23. The topological polar surface area (TPSA) is 114 Å². The summed E-state index contributed by atoms with van der Waals surface area (Å²) in [6.45, 7) is 0.319. The van der Waals surface area contributed by atoms with Gasteiger partial charge in [-0.25, -0.2) is 13.1 Å². The van der Waals surface area contributed by atoms with Crippen LogP contribution in [0.1, 0.15) is 5.56 Å². The number of rotatable bonds is 4. The first-order valence-corrected chi connectivity index (χ1v) is 10.9. The van der Waals surface area contributed by atoms with Crippen LogP contribution in [0, 0.1) is 0 Å². The third-order valence-electron chi connectivity index (χ3n) is 5.07. The Kier molecular flexibility index (Phi) is 4.40. The molecule has 2 N–H and O–H groups in total. The Morgan fingerprint density at radius 2 is 1.74 bits per heavy atom. The summed E-state index contributed by atoms with van der Waals surface area (Å²) in [7, 11) is -3.81. The molecule has 0 unspecified atom stereocenters. The molecule has 9 heteroatoms. The maximum Gasteiger partial charge on any atom is 0.274 e. The van der Waals surface area contributed by atoms with Gasteiger partial charge < -0.3 is 15.2 Å². The van der Waals surface area contributed by atoms with Crippen LogP contribution in [0.25, 0.3) is 10.8 Å². The van der Waals surface area contributed by atoms with Crippen molar-refractivity contribution in [3.63, 3.8) is 0 Å². The minimum atomic E-state index is -3.81. The number of sulfone groups is 1. The van der Waals surface area contributed by atoms with Crippen molar-refractivity contribution >= 4 is 26.3 Å². The zero-order valence-electron chi connectivity index (χ0n) is 16.2. The molecule has 31 heavy (non-hydrogen) atoms. The second kappa shape index (κ2) is 7.13. The Balaban J connectivity index is 1.52. The fraction of sp³-hybridized carbons (Fsp3) is 0.0909. The lowest BCUT2D eigenvalue weighted by atomic mass is 10.2. The molecule has 0 bridgehead atoms. The molecular formula is C22H17N3O5S. The van der Waals surface area contributed by atoms with E-state index in [1.54, 1.807) is 18.2 Å². The molecule has 0 aliphatic carbocycles. The van der Waals surface area contributed by atoms with Crippen LogP contribution in [0.3, 0.4) is 0 Å². The SMILES string of the molecule is Nc1cccc(Cn2ncc3cc(S(=O)(=O)c4ccc5c(c4)OCO5)ccc3c2=O)c1. The van der Waals surface area contributed by atoms with Crippen LogP contribution >= 0.6 is 0 Å². The normalized spacial score (nSPS) is 12.9. The highest BCUT2D eigenvalue weighted by atomic mass is 32.2. The van der Waals surface area contributed by atoms with Gasteiger partial charge in [-0.05, 0) is 48.0 Å². The third-order valence-corrected chi connectivity index (χ3v) is 6.82. The molecule has 4 aromatic rings. The van der Waals surface area contributed by atoms with Crippen molar-refractivity contribution in [3.8, 4) is 11.5 Å². The van der Waals surface area contributed by atoms with E-state index in [0.29, 0.717) is 28.0 Å². The van der Waals surface area contributed by atoms with Crippen LogP contribution in [0.4, 0.5) is 5.69 Å². The molecule has 1 aliphatic heterocycles. The minimum absolute atomic E-state index is 0.0579. The summed E-state index contributed by atoms with van der Waals surface area (Å²) in [5.41, 5.74) is 6.93. The number of anilines is 1. The number of nitrogens with zero attached hydrogens (tertiary/aromatic N) is 2. The van der Waals surface area contributed by atoms with Gasteiger partial charge in [0.15, 0.2) is 11.5 Å². The van der Waals surface area contributed by atoms with E-state index in [0.717, 1.165) is 5.56 Å². The third kappa shape index (κ3) is 3.38. The van der Waals surface area contributed by atoms with Gasteiger partial charge in [0.05, 0.1) is 27.9 Å². The molecule has 0 atom stereocenters. The van der Waals surface area contributed by atoms with Gasteiger partial charge in [-0.2, -0.15) is 5.10 Å². The number of nitrogens with two attached hydrogens (primary N) is 1. The highest BCUT2D eigenvalue weighted by Crippen LogP contribution is 2.35. The molecule has 156 valence electrons. The monoisotopic (exact) mass is 435 g/mol. The van der Waals surface area contributed by atoms with Crippen molar-refractivity contribution in [2.45, 2.75) is 16.3 Å². The first kappa shape index (κ1) is 19.1. The standard InChI is InChI=1S/C22H17N3O5S/c23-16-3-1-2-14(8-16)12-25-22(26)19-6-4-17(9-15(19)11-24-25)31(27,28)18-5-7-20-21(10-18)30-13-29-20/h1-11H,12-13,23H2. The zero-order chi connectivity index (χ0) is 21.6. The first-order chi connectivity index (χ1) is 14.9. The van der Waals surface area contributed by atoms with Crippen molar-refractivity contribution in [1.29, 1.82) is 0 Å². The molecule has 1 aromatic heterocycles. The summed E-state index contributed by atoms with van der Waals surface area (Å²) in [4.78, 5) is 13.0. The largest absolute Gasteiger partial charge is 0.454 e. The fourth-order valence-electron chi connectivity index (χ4n) is 3.49. The van der Waals surface area contributed by atoms with Crippen molar-refractivity contribution < 1.29 is 17.9 Å². The number of hydrogen-bond acceptors (Lipinski definition) is 7. The summed E-state index contributed by atoms with van der Waals surface area (Å²) >= 11 is 0. The first-order valence-electron chi connectivity index (χ1n) is 9.41. The van der Waals surface area contributed by atoms with Crippen LogP contribution in [-0.4, -0.2) is 25.0 Å². The van der Waals surface area contributed by atoms with Crippen LogP contribution in [0.15, 0.2) is 81.4 Å². The van der Waals surface area contributed by atoms with Crippen LogP contribution in [-0.2, 0) is 16.4 Å². The molecule has 3 aromatic carbocycles. The minimum Gasteiger partial charge on any atom is -0.454 e. The molecule has 0 saturated heterocycles. The van der Waals surface area contributed by atoms with E-state index in [1.807, 2.05) is 12.1 Å². The lowest BCUT2D eigenvalue weighted by Gasteiger charge is -2.09. The summed E-state index contributed by atoms with van der Waals surface area (Å²) in [6.07, 6.45) is 1.49. The molecular weight excluding hydrogens is 418 g/mol. The predicted molar refractivity (Wildman–Crippen MR) is 114 cm³/mol. The number of benzene rings is 3. The smallest absolute Gasteiger partial charge is 0.274 e. The van der Waals surface area contributed by atoms with E-state index in [9.17, 15) is 13.2 Å². The van der Waals surface area contributed by atoms with E-state index >= 15 is 0 Å². The van der Waals surface area contributed by atoms with E-state index in [4.69, 9.17) is 15.2 Å². The van der Waals surface area contributed by atoms with Gasteiger partial charge in [-0.1, -0.05) is 12.1 Å². The zero-order valence-corrected chi connectivity index (χ0v) is 17.0. The van der Waals surface area contributed by atoms with E-state index in [1.165, 1.54) is 41.2 Å². The Hall–Kier alpha value is -3.85. The second-order valence-electron chi connectivity index (χ2n) is 7.12. The molecule has 0 radical (unpaired) electrons. The molecule has 0 fully saturated rings. The predicted octanol–water partition coefficient (Wildman–Crippen LogP) is 2.59. The Bertz CT molecular complexity index is 1500. The number of fused-ring (bicyclic) bond motifs is 2. The maximum atomic E-state index is 13.1. The van der Waals surface area contributed by atoms with Gasteiger partial charge in [0.25, 0.3) is 5.56 Å². The van der Waals surface area contributed by atoms with Crippen LogP contribution in [0.5, 0.6) is 11.5 Å². The van der Waals surface area contributed by atoms with Gasteiger partial charge in [-0.3, -0.25) is 4.79 Å². The summed E-state index contributed by atoms with van der Waals surface area (Å²) < 4.78 is 38.0. The van der Waals surface area contributed by atoms with E-state index < -0.39 is 9.84 Å². The number of ether oxygens (including phenoxy) is 2. The Labute approximate surface area is 177 Å². The van der Waals surface area contributed by atoms with Gasteiger partial charge >= 0.3 is 0 Å². The van der Waals surface area contributed by atoms with Crippen molar-refractivity contribution in [2.75, 3.05) is 12.5 Å². The number of nitrogen functional groups attached to an aromatic ring is 1. The molecule has 2 heterocycles. The average molecular weight is 435 g/mol. The molecule has 0 spiro atoms. The Morgan fingerprint density at radius 3 is 2.58 bits per heavy atom. The van der Waals surface area contributed by atoms with Crippen LogP contribution in [0.2, 0.25) is 0 Å².